The van der Waals surface area contributed by atoms with Crippen LogP contribution >= 0.6 is 35.3 Å². The van der Waals surface area contributed by atoms with Gasteiger partial charge >= 0.3 is 0 Å². The highest BCUT2D eigenvalue weighted by molar-refractivity contribution is 14.0. The molecule has 5 nitrogen and oxygen atoms in total. The summed E-state index contributed by atoms with van der Waals surface area (Å²) in [6.07, 6.45) is -2.51. The van der Waals surface area contributed by atoms with Crippen LogP contribution in [0.3, 0.4) is 0 Å². The van der Waals surface area contributed by atoms with E-state index in [1.165, 1.54) is 11.3 Å². The highest BCUT2D eigenvalue weighted by Gasteiger charge is 2.24. The Kier molecular flexibility index (Phi) is 10.7. The lowest BCUT2D eigenvalue weighted by Gasteiger charge is -2.23. The molecule has 0 saturated carbocycles. The van der Waals surface area contributed by atoms with Gasteiger partial charge in [-0.3, -0.25) is 0 Å². The molecule has 0 aliphatic rings. The summed E-state index contributed by atoms with van der Waals surface area (Å²) < 4.78 is 29.6. The van der Waals surface area contributed by atoms with Gasteiger partial charge in [0, 0.05) is 11.4 Å². The Hall–Kier alpha value is -1.46. The van der Waals surface area contributed by atoms with Crippen LogP contribution in [-0.2, 0) is 12.1 Å². The second kappa shape index (κ2) is 12.2. The van der Waals surface area contributed by atoms with Gasteiger partial charge in [-0.05, 0) is 43.0 Å². The van der Waals surface area contributed by atoms with E-state index < -0.39 is 18.6 Å². The SMILES string of the molecule is CCNC(=NCc1cccc(OCC(F)F)c1)NCC(C)(O)c1cccs1.I. The molecular weight excluding hydrogens is 499 g/mol. The van der Waals surface area contributed by atoms with Crippen molar-refractivity contribution in [3.63, 3.8) is 0 Å². The number of nitrogens with one attached hydrogen (secondary N) is 2. The van der Waals surface area contributed by atoms with Crippen LogP contribution in [0.2, 0.25) is 0 Å². The fraction of sp³-hybridized carbons (Fsp3) is 0.421. The zero-order chi connectivity index (χ0) is 19.7. The number of benzene rings is 1. The van der Waals surface area contributed by atoms with Crippen LogP contribution in [0.25, 0.3) is 0 Å². The fourth-order valence-corrected chi connectivity index (χ4v) is 3.12. The Labute approximate surface area is 185 Å². The molecular formula is C19H26F2IN3O2S. The van der Waals surface area contributed by atoms with Crippen molar-refractivity contribution in [2.24, 2.45) is 4.99 Å². The largest absolute Gasteiger partial charge is 0.488 e. The molecule has 0 radical (unpaired) electrons. The minimum Gasteiger partial charge on any atom is -0.488 e. The Bertz CT molecular complexity index is 728. The minimum absolute atomic E-state index is 0. The van der Waals surface area contributed by atoms with Crippen molar-refractivity contribution in [2.45, 2.75) is 32.4 Å². The minimum atomic E-state index is -2.51. The first-order chi connectivity index (χ1) is 12.9. The number of hydrogen-bond acceptors (Lipinski definition) is 4. The Morgan fingerprint density at radius 1 is 1.29 bits per heavy atom. The molecule has 0 bridgehead atoms. The molecule has 1 heterocycles. The molecule has 1 atom stereocenters. The quantitative estimate of drug-likeness (QED) is 0.264. The van der Waals surface area contributed by atoms with Gasteiger partial charge in [0.15, 0.2) is 5.96 Å². The summed E-state index contributed by atoms with van der Waals surface area (Å²) in [6, 6.07) is 10.7. The van der Waals surface area contributed by atoms with E-state index in [0.717, 1.165) is 10.4 Å². The third-order valence-corrected chi connectivity index (χ3v) is 4.81. The summed E-state index contributed by atoms with van der Waals surface area (Å²) >= 11 is 1.50. The van der Waals surface area contributed by atoms with Crippen LogP contribution in [0, 0.1) is 0 Å². The van der Waals surface area contributed by atoms with E-state index in [1.807, 2.05) is 30.5 Å². The maximum absolute atomic E-state index is 12.3. The highest BCUT2D eigenvalue weighted by atomic mass is 127. The topological polar surface area (TPSA) is 65.9 Å². The zero-order valence-electron chi connectivity index (χ0n) is 15.8. The second-order valence-electron chi connectivity index (χ2n) is 6.15. The normalized spacial score (nSPS) is 13.6. The van der Waals surface area contributed by atoms with Gasteiger partial charge in [-0.2, -0.15) is 0 Å². The van der Waals surface area contributed by atoms with Gasteiger partial charge in [-0.15, -0.1) is 35.3 Å². The van der Waals surface area contributed by atoms with Gasteiger partial charge in [-0.1, -0.05) is 18.2 Å². The molecule has 156 valence electrons. The number of alkyl halides is 2. The summed E-state index contributed by atoms with van der Waals surface area (Å²) in [7, 11) is 0. The summed E-state index contributed by atoms with van der Waals surface area (Å²) in [5.41, 5.74) is -0.170. The molecule has 0 spiro atoms. The number of nitrogens with zero attached hydrogens (tertiary/aromatic N) is 1. The van der Waals surface area contributed by atoms with Crippen molar-refractivity contribution in [1.29, 1.82) is 0 Å². The summed E-state index contributed by atoms with van der Waals surface area (Å²) in [6.45, 7) is 4.39. The van der Waals surface area contributed by atoms with Crippen molar-refractivity contribution in [3.8, 4) is 5.75 Å². The first kappa shape index (κ1) is 24.6. The molecule has 2 aromatic rings. The van der Waals surface area contributed by atoms with Crippen LogP contribution in [0.15, 0.2) is 46.8 Å². The van der Waals surface area contributed by atoms with Crippen molar-refractivity contribution in [1.82, 2.24) is 10.6 Å². The van der Waals surface area contributed by atoms with Gasteiger partial charge in [0.05, 0.1) is 13.1 Å². The molecule has 0 aliphatic carbocycles. The molecule has 1 aromatic heterocycles. The Morgan fingerprint density at radius 2 is 2.07 bits per heavy atom. The first-order valence-electron chi connectivity index (χ1n) is 8.69. The van der Waals surface area contributed by atoms with Crippen LogP contribution in [-0.4, -0.2) is 37.2 Å². The number of thiophene rings is 1. The van der Waals surface area contributed by atoms with E-state index in [4.69, 9.17) is 4.74 Å². The number of hydrogen-bond donors (Lipinski definition) is 3. The maximum Gasteiger partial charge on any atom is 0.272 e. The molecule has 3 N–H and O–H groups in total. The number of aliphatic hydroxyl groups is 1. The molecule has 0 aliphatic heterocycles. The zero-order valence-corrected chi connectivity index (χ0v) is 19.0. The molecule has 1 unspecified atom stereocenters. The molecule has 2 rings (SSSR count). The third-order valence-electron chi connectivity index (χ3n) is 3.69. The van der Waals surface area contributed by atoms with E-state index in [0.29, 0.717) is 31.3 Å². The van der Waals surface area contributed by atoms with Crippen molar-refractivity contribution >= 4 is 41.3 Å². The lowest BCUT2D eigenvalue weighted by molar-refractivity contribution is 0.0655. The lowest BCUT2D eigenvalue weighted by Crippen LogP contribution is -2.44. The van der Waals surface area contributed by atoms with Crippen LogP contribution in [0.5, 0.6) is 5.75 Å². The lowest BCUT2D eigenvalue weighted by atomic mass is 10.1. The van der Waals surface area contributed by atoms with E-state index >= 15 is 0 Å². The molecule has 9 heteroatoms. The van der Waals surface area contributed by atoms with Crippen molar-refractivity contribution < 1.29 is 18.6 Å². The predicted molar refractivity (Wildman–Crippen MR) is 120 cm³/mol. The standard InChI is InChI=1S/C19H25F2N3O2S.HI/c1-3-22-18(24-13-19(2,25)16-8-5-9-27-16)23-11-14-6-4-7-15(10-14)26-12-17(20)21;/h4-10,17,25H,3,11-13H2,1-2H3,(H2,22,23,24);1H. The summed E-state index contributed by atoms with van der Waals surface area (Å²) in [5, 5.41) is 18.8. The molecule has 0 amide bonds. The first-order valence-corrected chi connectivity index (χ1v) is 9.57. The average molecular weight is 525 g/mol. The number of aliphatic imine (C=N–C) groups is 1. The molecule has 0 saturated heterocycles. The highest BCUT2D eigenvalue weighted by Crippen LogP contribution is 2.24. The summed E-state index contributed by atoms with van der Waals surface area (Å²) in [5.74, 6) is 0.954. The van der Waals surface area contributed by atoms with E-state index in [2.05, 4.69) is 15.6 Å². The fourth-order valence-electron chi connectivity index (χ4n) is 2.33. The monoisotopic (exact) mass is 525 g/mol. The molecule has 28 heavy (non-hydrogen) atoms. The Morgan fingerprint density at radius 3 is 2.71 bits per heavy atom. The second-order valence-corrected chi connectivity index (χ2v) is 7.10. The maximum atomic E-state index is 12.3. The Balaban J connectivity index is 0.00000392. The van der Waals surface area contributed by atoms with Gasteiger partial charge in [0.1, 0.15) is 18.0 Å². The van der Waals surface area contributed by atoms with Gasteiger partial charge in [0.25, 0.3) is 6.43 Å². The van der Waals surface area contributed by atoms with Crippen LogP contribution < -0.4 is 15.4 Å². The van der Waals surface area contributed by atoms with Crippen molar-refractivity contribution in [3.05, 3.63) is 52.2 Å². The van der Waals surface area contributed by atoms with Gasteiger partial charge in [0.2, 0.25) is 0 Å². The van der Waals surface area contributed by atoms with E-state index in [1.54, 1.807) is 25.1 Å². The average Bonchev–Trinajstić information content (AvgIpc) is 3.18. The number of guanidine groups is 1. The number of halogens is 3. The smallest absolute Gasteiger partial charge is 0.272 e. The van der Waals surface area contributed by atoms with Crippen molar-refractivity contribution in [2.75, 3.05) is 19.7 Å². The van der Waals surface area contributed by atoms with E-state index in [9.17, 15) is 13.9 Å². The number of ether oxygens (including phenoxy) is 1. The van der Waals surface area contributed by atoms with E-state index in [-0.39, 0.29) is 24.0 Å². The third kappa shape index (κ3) is 8.27. The molecule has 0 fully saturated rings. The van der Waals surface area contributed by atoms with Gasteiger partial charge < -0.3 is 20.5 Å². The van der Waals surface area contributed by atoms with Gasteiger partial charge in [-0.25, -0.2) is 13.8 Å². The van der Waals surface area contributed by atoms with Crippen LogP contribution in [0.4, 0.5) is 8.78 Å². The summed E-state index contributed by atoms with van der Waals surface area (Å²) in [4.78, 5) is 5.36. The van der Waals surface area contributed by atoms with Crippen LogP contribution in [0.1, 0.15) is 24.3 Å². The molecule has 1 aromatic carbocycles. The predicted octanol–water partition coefficient (Wildman–Crippen LogP) is 3.97. The number of rotatable bonds is 9.